The van der Waals surface area contributed by atoms with Crippen molar-refractivity contribution in [1.82, 2.24) is 14.8 Å². The van der Waals surface area contributed by atoms with Crippen molar-refractivity contribution in [1.29, 1.82) is 0 Å². The highest BCUT2D eigenvalue weighted by Crippen LogP contribution is 2.24. The Morgan fingerprint density at radius 3 is 2.74 bits per heavy atom. The van der Waals surface area contributed by atoms with Gasteiger partial charge in [0.05, 0.1) is 25.2 Å². The molecule has 0 unspecified atom stereocenters. The second kappa shape index (κ2) is 9.38. The summed E-state index contributed by atoms with van der Waals surface area (Å²) in [5.41, 5.74) is 2.02. The third-order valence-electron chi connectivity index (χ3n) is 3.96. The van der Waals surface area contributed by atoms with Gasteiger partial charge in [-0.2, -0.15) is 0 Å². The molecule has 0 fully saturated rings. The number of carbonyl (C=O) groups excluding carboxylic acids is 1. The summed E-state index contributed by atoms with van der Waals surface area (Å²) in [4.78, 5) is 12.3. The first-order valence-electron chi connectivity index (χ1n) is 8.69. The average molecular weight is 386 g/mol. The van der Waals surface area contributed by atoms with E-state index in [0.717, 1.165) is 12.1 Å². The molecule has 0 saturated heterocycles. The fourth-order valence-corrected chi connectivity index (χ4v) is 3.28. The molecule has 7 nitrogen and oxygen atoms in total. The number of nitrogens with zero attached hydrogens (tertiary/aromatic N) is 3. The summed E-state index contributed by atoms with van der Waals surface area (Å²) < 4.78 is 12.5. The normalized spacial score (nSPS) is 10.9. The number of nitrogens with one attached hydrogen (secondary N) is 1. The van der Waals surface area contributed by atoms with E-state index in [9.17, 15) is 4.79 Å². The second-order valence-corrected chi connectivity index (χ2v) is 6.76. The van der Waals surface area contributed by atoms with E-state index in [-0.39, 0.29) is 11.7 Å². The van der Waals surface area contributed by atoms with Crippen LogP contribution in [0.1, 0.15) is 12.5 Å². The Balaban J connectivity index is 1.64. The van der Waals surface area contributed by atoms with Gasteiger partial charge in [-0.05, 0) is 36.2 Å². The average Bonchev–Trinajstić information content (AvgIpc) is 3.34. The number of anilines is 1. The number of hydrogen-bond donors (Lipinski definition) is 1. The zero-order chi connectivity index (χ0) is 19.1. The molecule has 0 aliphatic carbocycles. The molecule has 1 N–H and O–H groups in total. The molecule has 142 valence electrons. The first-order valence-corrected chi connectivity index (χ1v) is 9.67. The Morgan fingerprint density at radius 1 is 1.26 bits per heavy atom. The summed E-state index contributed by atoms with van der Waals surface area (Å²) in [5, 5.41) is 12.0. The monoisotopic (exact) mass is 386 g/mol. The number of aromatic nitrogens is 3. The maximum absolute atomic E-state index is 12.3. The zero-order valence-corrected chi connectivity index (χ0v) is 16.2. The summed E-state index contributed by atoms with van der Waals surface area (Å²) in [6.45, 7) is 3.18. The number of benzene rings is 1. The molecule has 3 rings (SSSR count). The lowest BCUT2D eigenvalue weighted by Crippen LogP contribution is -2.15. The lowest BCUT2D eigenvalue weighted by atomic mass is 10.1. The van der Waals surface area contributed by atoms with Gasteiger partial charge in [-0.1, -0.05) is 30.8 Å². The maximum Gasteiger partial charge on any atom is 0.234 e. The number of furan rings is 1. The third-order valence-corrected chi connectivity index (χ3v) is 4.92. The van der Waals surface area contributed by atoms with Crippen LogP contribution in [-0.4, -0.2) is 40.1 Å². The third kappa shape index (κ3) is 4.99. The maximum atomic E-state index is 12.3. The SMILES string of the molecule is CCc1ccc(NC(=O)CSc2nnc(-c3ccco3)n2CCOC)cc1. The van der Waals surface area contributed by atoms with E-state index in [2.05, 4.69) is 22.4 Å². The van der Waals surface area contributed by atoms with Crippen LogP contribution >= 0.6 is 11.8 Å². The van der Waals surface area contributed by atoms with Gasteiger partial charge >= 0.3 is 0 Å². The minimum Gasteiger partial charge on any atom is -0.461 e. The molecule has 3 aromatic rings. The smallest absolute Gasteiger partial charge is 0.234 e. The lowest BCUT2D eigenvalue weighted by molar-refractivity contribution is -0.113. The number of rotatable bonds is 9. The zero-order valence-electron chi connectivity index (χ0n) is 15.3. The number of thioether (sulfide) groups is 1. The van der Waals surface area contributed by atoms with E-state index < -0.39 is 0 Å². The van der Waals surface area contributed by atoms with E-state index in [1.165, 1.54) is 17.3 Å². The van der Waals surface area contributed by atoms with Crippen molar-refractivity contribution in [3.05, 3.63) is 48.2 Å². The van der Waals surface area contributed by atoms with Gasteiger partial charge in [-0.15, -0.1) is 10.2 Å². The van der Waals surface area contributed by atoms with E-state index in [4.69, 9.17) is 9.15 Å². The van der Waals surface area contributed by atoms with Crippen LogP contribution < -0.4 is 5.32 Å². The molecule has 0 aliphatic heterocycles. The quantitative estimate of drug-likeness (QED) is 0.567. The molecular formula is C19H22N4O3S. The summed E-state index contributed by atoms with van der Waals surface area (Å²) >= 11 is 1.33. The molecule has 0 bridgehead atoms. The van der Waals surface area contributed by atoms with E-state index in [1.54, 1.807) is 19.4 Å². The minimum atomic E-state index is -0.0925. The molecule has 1 aromatic carbocycles. The van der Waals surface area contributed by atoms with Crippen LogP contribution in [-0.2, 0) is 22.5 Å². The van der Waals surface area contributed by atoms with E-state index >= 15 is 0 Å². The molecule has 8 heteroatoms. The molecule has 0 atom stereocenters. The fourth-order valence-electron chi connectivity index (χ4n) is 2.52. The van der Waals surface area contributed by atoms with Crippen molar-refractivity contribution in [2.75, 3.05) is 24.8 Å². The van der Waals surface area contributed by atoms with E-state index in [1.807, 2.05) is 34.9 Å². The van der Waals surface area contributed by atoms with Crippen molar-refractivity contribution in [2.45, 2.75) is 25.0 Å². The van der Waals surface area contributed by atoms with Crippen molar-refractivity contribution < 1.29 is 13.9 Å². The molecule has 0 saturated carbocycles. The fraction of sp³-hybridized carbons (Fsp3) is 0.316. The second-order valence-electron chi connectivity index (χ2n) is 5.82. The van der Waals surface area contributed by atoms with E-state index in [0.29, 0.717) is 29.9 Å². The summed E-state index contributed by atoms with van der Waals surface area (Å²) in [6.07, 6.45) is 2.56. The molecule has 1 amide bonds. The van der Waals surface area contributed by atoms with Gasteiger partial charge < -0.3 is 14.5 Å². The molecule has 0 radical (unpaired) electrons. The highest BCUT2D eigenvalue weighted by molar-refractivity contribution is 7.99. The summed E-state index contributed by atoms with van der Waals surface area (Å²) in [6, 6.07) is 11.5. The molecule has 0 spiro atoms. The molecule has 27 heavy (non-hydrogen) atoms. The Hall–Kier alpha value is -2.58. The van der Waals surface area contributed by atoms with Gasteiger partial charge in [0, 0.05) is 12.8 Å². The van der Waals surface area contributed by atoms with Gasteiger partial charge in [0.15, 0.2) is 10.9 Å². The van der Waals surface area contributed by atoms with Crippen LogP contribution in [0, 0.1) is 0 Å². The van der Waals surface area contributed by atoms with Gasteiger partial charge in [0.1, 0.15) is 0 Å². The Bertz CT molecular complexity index is 860. The van der Waals surface area contributed by atoms with Crippen molar-refractivity contribution >= 4 is 23.4 Å². The van der Waals surface area contributed by atoms with Gasteiger partial charge in [0.2, 0.25) is 11.7 Å². The highest BCUT2D eigenvalue weighted by Gasteiger charge is 2.17. The lowest BCUT2D eigenvalue weighted by Gasteiger charge is -2.09. The van der Waals surface area contributed by atoms with Crippen LogP contribution in [0.15, 0.2) is 52.2 Å². The number of amides is 1. The number of aryl methyl sites for hydroxylation is 1. The van der Waals surface area contributed by atoms with Gasteiger partial charge in [0.25, 0.3) is 0 Å². The van der Waals surface area contributed by atoms with Crippen molar-refractivity contribution in [2.24, 2.45) is 0 Å². The number of ether oxygens (including phenoxy) is 1. The highest BCUT2D eigenvalue weighted by atomic mass is 32.2. The first kappa shape index (κ1) is 19.2. The van der Waals surface area contributed by atoms with Gasteiger partial charge in [-0.25, -0.2) is 0 Å². The standard InChI is InChI=1S/C19H22N4O3S/c1-3-14-6-8-15(9-7-14)20-17(24)13-27-19-22-21-18(16-5-4-11-26-16)23(19)10-12-25-2/h4-9,11H,3,10,12-13H2,1-2H3,(H,20,24). The minimum absolute atomic E-state index is 0.0925. The van der Waals surface area contributed by atoms with Crippen LogP contribution in [0.2, 0.25) is 0 Å². The topological polar surface area (TPSA) is 82.2 Å². The van der Waals surface area contributed by atoms with Crippen molar-refractivity contribution in [3.8, 4) is 11.6 Å². The number of hydrogen-bond acceptors (Lipinski definition) is 6. The Morgan fingerprint density at radius 2 is 2.07 bits per heavy atom. The largest absolute Gasteiger partial charge is 0.461 e. The Kier molecular flexibility index (Phi) is 6.67. The first-order chi connectivity index (χ1) is 13.2. The summed E-state index contributed by atoms with van der Waals surface area (Å²) in [5.74, 6) is 1.39. The van der Waals surface area contributed by atoms with Crippen LogP contribution in [0.4, 0.5) is 5.69 Å². The molecule has 2 heterocycles. The van der Waals surface area contributed by atoms with Crippen LogP contribution in [0.25, 0.3) is 11.6 Å². The van der Waals surface area contributed by atoms with Crippen molar-refractivity contribution in [3.63, 3.8) is 0 Å². The molecular weight excluding hydrogens is 364 g/mol. The number of methoxy groups -OCH3 is 1. The number of carbonyl (C=O) groups is 1. The van der Waals surface area contributed by atoms with Gasteiger partial charge in [-0.3, -0.25) is 9.36 Å². The predicted molar refractivity (Wildman–Crippen MR) is 105 cm³/mol. The molecule has 2 aromatic heterocycles. The Labute approximate surface area is 162 Å². The molecule has 0 aliphatic rings. The predicted octanol–water partition coefficient (Wildman–Crippen LogP) is 3.48. The summed E-state index contributed by atoms with van der Waals surface area (Å²) in [7, 11) is 1.64. The van der Waals surface area contributed by atoms with Crippen LogP contribution in [0.5, 0.6) is 0 Å². The van der Waals surface area contributed by atoms with Crippen LogP contribution in [0.3, 0.4) is 0 Å².